The van der Waals surface area contributed by atoms with Crippen LogP contribution >= 0.6 is 0 Å². The molecule has 106 valence electrons. The van der Waals surface area contributed by atoms with Crippen molar-refractivity contribution >= 4 is 28.6 Å². The van der Waals surface area contributed by atoms with E-state index in [1.807, 2.05) is 12.1 Å². The second-order valence-corrected chi connectivity index (χ2v) is 4.85. The number of carbonyl (C=O) groups is 3. The number of hydrogen-bond donors (Lipinski definition) is 2. The van der Waals surface area contributed by atoms with Gasteiger partial charge in [0, 0.05) is 23.6 Å². The number of piperidine rings is 1. The van der Waals surface area contributed by atoms with Gasteiger partial charge in [0.15, 0.2) is 0 Å². The molecule has 0 bridgehead atoms. The molecule has 21 heavy (non-hydrogen) atoms. The summed E-state index contributed by atoms with van der Waals surface area (Å²) in [7, 11) is 0. The molecule has 1 fully saturated rings. The van der Waals surface area contributed by atoms with Crippen LogP contribution in [-0.4, -0.2) is 28.7 Å². The molecule has 1 aromatic carbocycles. The number of benzene rings is 1. The number of rotatable bonds is 2. The second-order valence-electron chi connectivity index (χ2n) is 4.85. The third kappa shape index (κ3) is 2.60. The summed E-state index contributed by atoms with van der Waals surface area (Å²) in [5.74, 6) is -1.11. The molecule has 1 unspecified atom stereocenters. The van der Waals surface area contributed by atoms with Gasteiger partial charge in [-0.2, -0.15) is 0 Å². The minimum Gasteiger partial charge on any atom is -0.340 e. The van der Waals surface area contributed by atoms with Gasteiger partial charge in [-0.3, -0.25) is 24.7 Å². The Morgan fingerprint density at radius 1 is 1.24 bits per heavy atom. The quantitative estimate of drug-likeness (QED) is 0.797. The zero-order valence-electron chi connectivity index (χ0n) is 11.1. The van der Waals surface area contributed by atoms with Crippen LogP contribution in [-0.2, 0) is 9.59 Å². The number of fused-ring (bicyclic) bond motifs is 1. The highest BCUT2D eigenvalue weighted by Crippen LogP contribution is 2.17. The van der Waals surface area contributed by atoms with E-state index in [1.54, 1.807) is 24.4 Å². The van der Waals surface area contributed by atoms with Crippen LogP contribution in [0.5, 0.6) is 0 Å². The van der Waals surface area contributed by atoms with Crippen molar-refractivity contribution in [3.05, 3.63) is 42.1 Å². The molecule has 1 aromatic heterocycles. The maximum absolute atomic E-state index is 12.4. The first-order chi connectivity index (χ1) is 10.1. The molecule has 0 radical (unpaired) electrons. The van der Waals surface area contributed by atoms with Crippen molar-refractivity contribution in [2.75, 3.05) is 0 Å². The van der Waals surface area contributed by atoms with Crippen molar-refractivity contribution in [2.45, 2.75) is 18.9 Å². The fourth-order valence-electron chi connectivity index (χ4n) is 2.37. The smallest absolute Gasteiger partial charge is 0.252 e. The summed E-state index contributed by atoms with van der Waals surface area (Å²) in [6, 6.07) is 8.13. The van der Waals surface area contributed by atoms with Crippen LogP contribution in [0.2, 0.25) is 0 Å². The average molecular weight is 283 g/mol. The highest BCUT2D eigenvalue weighted by Gasteiger charge is 2.28. The summed E-state index contributed by atoms with van der Waals surface area (Å²) in [4.78, 5) is 39.3. The second kappa shape index (κ2) is 5.32. The highest BCUT2D eigenvalue weighted by atomic mass is 16.2. The van der Waals surface area contributed by atoms with Crippen molar-refractivity contribution in [3.8, 4) is 0 Å². The fraction of sp³-hybridized carbons (Fsp3) is 0.200. The highest BCUT2D eigenvalue weighted by molar-refractivity contribution is 6.08. The van der Waals surface area contributed by atoms with Crippen LogP contribution in [0, 0.1) is 0 Å². The molecule has 0 aliphatic carbocycles. The molecule has 2 heterocycles. The first-order valence-electron chi connectivity index (χ1n) is 6.63. The standard InChI is InChI=1S/C15H13N3O3/c19-13-7-6-12(15(21)18-13)17-14(20)10-3-1-5-11-9(10)4-2-8-16-11/h1-5,8,12H,6-7H2,(H,17,20)(H,18,19,21). The molecule has 1 saturated heterocycles. The van der Waals surface area contributed by atoms with Gasteiger partial charge in [-0.1, -0.05) is 12.1 Å². The van der Waals surface area contributed by atoms with Gasteiger partial charge < -0.3 is 5.32 Å². The summed E-state index contributed by atoms with van der Waals surface area (Å²) in [5.41, 5.74) is 1.18. The summed E-state index contributed by atoms with van der Waals surface area (Å²) in [6.45, 7) is 0. The van der Waals surface area contributed by atoms with E-state index >= 15 is 0 Å². The van der Waals surface area contributed by atoms with Crippen LogP contribution in [0.15, 0.2) is 36.5 Å². The lowest BCUT2D eigenvalue weighted by Gasteiger charge is -2.22. The first kappa shape index (κ1) is 13.2. The average Bonchev–Trinajstić information content (AvgIpc) is 2.49. The molecule has 3 amide bonds. The zero-order valence-corrected chi connectivity index (χ0v) is 11.1. The van der Waals surface area contributed by atoms with Gasteiger partial charge in [-0.05, 0) is 24.6 Å². The topological polar surface area (TPSA) is 88.2 Å². The number of nitrogens with zero attached hydrogens (tertiary/aromatic N) is 1. The number of imide groups is 1. The SMILES string of the molecule is O=C1CCC(NC(=O)c2cccc3ncccc23)C(=O)N1. The van der Waals surface area contributed by atoms with Gasteiger partial charge in [-0.25, -0.2) is 0 Å². The van der Waals surface area contributed by atoms with Crippen molar-refractivity contribution in [2.24, 2.45) is 0 Å². The molecule has 0 saturated carbocycles. The third-order valence-corrected chi connectivity index (χ3v) is 3.43. The van der Waals surface area contributed by atoms with Gasteiger partial charge in [0.05, 0.1) is 5.52 Å². The van der Waals surface area contributed by atoms with E-state index < -0.39 is 11.9 Å². The molecule has 1 aliphatic heterocycles. The normalized spacial score (nSPS) is 18.4. The summed E-state index contributed by atoms with van der Waals surface area (Å²) in [5, 5.41) is 5.61. The summed E-state index contributed by atoms with van der Waals surface area (Å²) in [6.07, 6.45) is 2.21. The minimum atomic E-state index is -0.679. The van der Waals surface area contributed by atoms with Crippen LogP contribution < -0.4 is 10.6 Å². The maximum atomic E-state index is 12.4. The maximum Gasteiger partial charge on any atom is 0.252 e. The Morgan fingerprint density at radius 2 is 2.10 bits per heavy atom. The van der Waals surface area contributed by atoms with Crippen molar-refractivity contribution in [1.82, 2.24) is 15.6 Å². The van der Waals surface area contributed by atoms with E-state index in [1.165, 1.54) is 0 Å². The predicted octanol–water partition coefficient (Wildman–Crippen LogP) is 0.770. The Kier molecular flexibility index (Phi) is 3.35. The molecule has 6 nitrogen and oxygen atoms in total. The molecule has 1 aliphatic rings. The predicted molar refractivity (Wildman–Crippen MR) is 75.4 cm³/mol. The van der Waals surface area contributed by atoms with E-state index in [0.717, 1.165) is 5.39 Å². The van der Waals surface area contributed by atoms with Gasteiger partial charge >= 0.3 is 0 Å². The van der Waals surface area contributed by atoms with Gasteiger partial charge in [-0.15, -0.1) is 0 Å². The zero-order chi connectivity index (χ0) is 14.8. The Labute approximate surface area is 120 Å². The lowest BCUT2D eigenvalue weighted by molar-refractivity contribution is -0.134. The number of pyridine rings is 1. The molecule has 2 aromatic rings. The Balaban J connectivity index is 1.84. The Morgan fingerprint density at radius 3 is 2.90 bits per heavy atom. The number of carbonyl (C=O) groups excluding carboxylic acids is 3. The minimum absolute atomic E-state index is 0.230. The van der Waals surface area contributed by atoms with E-state index in [4.69, 9.17) is 0 Å². The first-order valence-corrected chi connectivity index (χ1v) is 6.63. The van der Waals surface area contributed by atoms with E-state index in [0.29, 0.717) is 17.5 Å². The molecule has 2 N–H and O–H groups in total. The summed E-state index contributed by atoms with van der Waals surface area (Å²) < 4.78 is 0. The molecule has 1 atom stereocenters. The number of aromatic nitrogens is 1. The molecule has 3 rings (SSSR count). The van der Waals surface area contributed by atoms with E-state index in [-0.39, 0.29) is 18.2 Å². The van der Waals surface area contributed by atoms with Crippen LogP contribution in [0.1, 0.15) is 23.2 Å². The lowest BCUT2D eigenvalue weighted by Crippen LogP contribution is -2.52. The van der Waals surface area contributed by atoms with Crippen molar-refractivity contribution < 1.29 is 14.4 Å². The third-order valence-electron chi connectivity index (χ3n) is 3.43. The van der Waals surface area contributed by atoms with Gasteiger partial charge in [0.2, 0.25) is 11.8 Å². The Hall–Kier alpha value is -2.76. The largest absolute Gasteiger partial charge is 0.340 e. The van der Waals surface area contributed by atoms with Gasteiger partial charge in [0.25, 0.3) is 5.91 Å². The number of hydrogen-bond acceptors (Lipinski definition) is 4. The van der Waals surface area contributed by atoms with Gasteiger partial charge in [0.1, 0.15) is 6.04 Å². The van der Waals surface area contributed by atoms with Crippen molar-refractivity contribution in [1.29, 1.82) is 0 Å². The Bertz CT molecular complexity index is 737. The van der Waals surface area contributed by atoms with Crippen molar-refractivity contribution in [3.63, 3.8) is 0 Å². The molecular formula is C15H13N3O3. The fourth-order valence-corrected chi connectivity index (χ4v) is 2.37. The number of amides is 3. The molecule has 6 heteroatoms. The number of nitrogens with one attached hydrogen (secondary N) is 2. The monoisotopic (exact) mass is 283 g/mol. The van der Waals surface area contributed by atoms with Crippen LogP contribution in [0.3, 0.4) is 0 Å². The molecular weight excluding hydrogens is 270 g/mol. The van der Waals surface area contributed by atoms with Crippen LogP contribution in [0.25, 0.3) is 10.9 Å². The molecule has 0 spiro atoms. The summed E-state index contributed by atoms with van der Waals surface area (Å²) >= 11 is 0. The van der Waals surface area contributed by atoms with Crippen LogP contribution in [0.4, 0.5) is 0 Å². The van der Waals surface area contributed by atoms with E-state index in [2.05, 4.69) is 15.6 Å². The lowest BCUT2D eigenvalue weighted by atomic mass is 10.0. The van der Waals surface area contributed by atoms with E-state index in [9.17, 15) is 14.4 Å².